The van der Waals surface area contributed by atoms with Gasteiger partial charge >= 0.3 is 0 Å². The zero-order valence-electron chi connectivity index (χ0n) is 24.1. The molecule has 10 heteroatoms. The molecule has 0 radical (unpaired) electrons. The largest absolute Gasteiger partial charge is 0.384 e. The quantitative estimate of drug-likeness (QED) is 0.208. The SMILES string of the molecule is CNCCNc1ccc(Nc2nc(N3CCCC(n4ccc5cc(C6CC6)ccc5c4=O)[C@H]3C)cnc2C(N)=O)cc1. The molecule has 5 N–H and O–H groups in total. The third-order valence-electron chi connectivity index (χ3n) is 8.45. The van der Waals surface area contributed by atoms with Crippen molar-refractivity contribution in [2.45, 2.75) is 50.6 Å². The Morgan fingerprint density at radius 1 is 1.05 bits per heavy atom. The van der Waals surface area contributed by atoms with E-state index in [9.17, 15) is 9.59 Å². The van der Waals surface area contributed by atoms with Gasteiger partial charge in [0, 0.05) is 48.6 Å². The monoisotopic (exact) mass is 566 g/mol. The standard InChI is InChI=1S/C32H38N8O2/c1-20-27(40-17-13-23-18-22(21-5-6-21)7-12-26(23)32(40)42)4-3-16-39(20)28-19-36-29(30(33)41)31(38-28)37-25-10-8-24(9-11-25)35-15-14-34-2/h7-13,17-21,27,34-35H,3-6,14-16H2,1-2H3,(H2,33,41)(H,37,38)/t20-,27?/m1/s1. The van der Waals surface area contributed by atoms with E-state index in [0.717, 1.165) is 54.6 Å². The minimum absolute atomic E-state index is 0.0239. The molecule has 4 aromatic rings. The molecule has 2 atom stereocenters. The molecule has 1 aliphatic heterocycles. The van der Waals surface area contributed by atoms with E-state index in [-0.39, 0.29) is 23.3 Å². The number of hydrogen-bond donors (Lipinski definition) is 4. The summed E-state index contributed by atoms with van der Waals surface area (Å²) in [6, 6.07) is 16.0. The number of carbonyl (C=O) groups is 1. The summed E-state index contributed by atoms with van der Waals surface area (Å²) in [5.74, 6) is 0.932. The van der Waals surface area contributed by atoms with Crippen LogP contribution in [0.15, 0.2) is 65.7 Å². The molecule has 1 saturated carbocycles. The molecular formula is C32H38N8O2. The van der Waals surface area contributed by atoms with E-state index in [2.05, 4.69) is 51.0 Å². The molecule has 0 bridgehead atoms. The van der Waals surface area contributed by atoms with Crippen LogP contribution in [0.3, 0.4) is 0 Å². The van der Waals surface area contributed by atoms with Crippen molar-refractivity contribution >= 4 is 39.7 Å². The summed E-state index contributed by atoms with van der Waals surface area (Å²) in [5, 5.41) is 11.4. The van der Waals surface area contributed by atoms with Gasteiger partial charge < -0.3 is 31.2 Å². The average Bonchev–Trinajstić information content (AvgIpc) is 3.84. The molecule has 42 heavy (non-hydrogen) atoms. The van der Waals surface area contributed by atoms with Crippen LogP contribution in [0, 0.1) is 0 Å². The number of likely N-dealkylation sites (N-methyl/N-ethyl adjacent to an activating group) is 1. The zero-order valence-corrected chi connectivity index (χ0v) is 24.1. The number of amides is 1. The normalized spacial score (nSPS) is 18.7. The van der Waals surface area contributed by atoms with Gasteiger partial charge in [-0.25, -0.2) is 9.97 Å². The number of hydrogen-bond acceptors (Lipinski definition) is 8. The maximum atomic E-state index is 13.6. The number of nitrogens with one attached hydrogen (secondary N) is 3. The number of nitrogens with zero attached hydrogens (tertiary/aromatic N) is 4. The molecule has 2 aromatic carbocycles. The van der Waals surface area contributed by atoms with Gasteiger partial charge in [0.2, 0.25) is 0 Å². The number of pyridine rings is 1. The first-order valence-corrected chi connectivity index (χ1v) is 14.8. The number of benzene rings is 2. The lowest BCUT2D eigenvalue weighted by Crippen LogP contribution is -2.47. The first-order valence-electron chi connectivity index (χ1n) is 14.8. The predicted octanol–water partition coefficient (Wildman–Crippen LogP) is 4.37. The average molecular weight is 567 g/mol. The van der Waals surface area contributed by atoms with Gasteiger partial charge in [-0.2, -0.15) is 0 Å². The van der Waals surface area contributed by atoms with Crippen molar-refractivity contribution in [3.05, 3.63) is 82.5 Å². The number of piperidine rings is 1. The van der Waals surface area contributed by atoms with Gasteiger partial charge in [0.1, 0.15) is 5.82 Å². The van der Waals surface area contributed by atoms with Crippen molar-refractivity contribution in [3.8, 4) is 0 Å². The van der Waals surface area contributed by atoms with Crippen LogP contribution in [-0.4, -0.2) is 53.2 Å². The first-order chi connectivity index (χ1) is 20.4. The van der Waals surface area contributed by atoms with E-state index in [1.165, 1.54) is 18.4 Å². The second-order valence-corrected chi connectivity index (χ2v) is 11.3. The van der Waals surface area contributed by atoms with Gasteiger partial charge in [-0.05, 0) is 92.9 Å². The molecule has 3 heterocycles. The van der Waals surface area contributed by atoms with E-state index in [1.807, 2.05) is 48.1 Å². The third kappa shape index (κ3) is 5.67. The number of carbonyl (C=O) groups excluding carboxylic acids is 1. The van der Waals surface area contributed by atoms with Crippen molar-refractivity contribution < 1.29 is 4.79 Å². The minimum atomic E-state index is -0.654. The van der Waals surface area contributed by atoms with Crippen molar-refractivity contribution in [1.82, 2.24) is 19.9 Å². The maximum absolute atomic E-state index is 13.6. The Morgan fingerprint density at radius 3 is 2.57 bits per heavy atom. The number of aromatic nitrogens is 3. The van der Waals surface area contributed by atoms with Gasteiger partial charge in [-0.1, -0.05) is 12.1 Å². The second-order valence-electron chi connectivity index (χ2n) is 11.3. The predicted molar refractivity (Wildman–Crippen MR) is 168 cm³/mol. The Labute approximate surface area is 245 Å². The van der Waals surface area contributed by atoms with E-state index >= 15 is 0 Å². The summed E-state index contributed by atoms with van der Waals surface area (Å²) in [4.78, 5) is 37.2. The van der Waals surface area contributed by atoms with Crippen molar-refractivity contribution in [1.29, 1.82) is 0 Å². The second kappa shape index (κ2) is 11.8. The van der Waals surface area contributed by atoms with Crippen LogP contribution in [-0.2, 0) is 0 Å². The lowest BCUT2D eigenvalue weighted by Gasteiger charge is -2.41. The summed E-state index contributed by atoms with van der Waals surface area (Å²) in [6.45, 7) is 4.55. The Bertz CT molecular complexity index is 1650. The number of anilines is 4. The molecule has 218 valence electrons. The van der Waals surface area contributed by atoms with E-state index in [4.69, 9.17) is 10.7 Å². The fourth-order valence-electron chi connectivity index (χ4n) is 5.96. The first kappa shape index (κ1) is 27.7. The Morgan fingerprint density at radius 2 is 1.83 bits per heavy atom. The maximum Gasteiger partial charge on any atom is 0.271 e. The fraction of sp³-hybridized carbons (Fsp3) is 0.375. The smallest absolute Gasteiger partial charge is 0.271 e. The van der Waals surface area contributed by atoms with Crippen molar-refractivity contribution in [3.63, 3.8) is 0 Å². The number of rotatable bonds is 10. The van der Waals surface area contributed by atoms with Gasteiger partial charge in [0.25, 0.3) is 11.5 Å². The van der Waals surface area contributed by atoms with Gasteiger partial charge in [0.15, 0.2) is 11.5 Å². The Hall–Kier alpha value is -4.44. The molecule has 1 saturated heterocycles. The summed E-state index contributed by atoms with van der Waals surface area (Å²) in [7, 11) is 1.91. The lowest BCUT2D eigenvalue weighted by atomic mass is 9.96. The summed E-state index contributed by atoms with van der Waals surface area (Å²) >= 11 is 0. The van der Waals surface area contributed by atoms with Crippen molar-refractivity contribution in [2.24, 2.45) is 5.73 Å². The molecule has 1 amide bonds. The van der Waals surface area contributed by atoms with E-state index < -0.39 is 5.91 Å². The minimum Gasteiger partial charge on any atom is -0.384 e. The molecule has 2 aromatic heterocycles. The number of fused-ring (bicyclic) bond motifs is 1. The highest BCUT2D eigenvalue weighted by Gasteiger charge is 2.32. The highest BCUT2D eigenvalue weighted by atomic mass is 16.1. The van der Waals surface area contributed by atoms with E-state index in [1.54, 1.807) is 6.20 Å². The topological polar surface area (TPSA) is 130 Å². The van der Waals surface area contributed by atoms with Crippen LogP contribution < -0.4 is 32.1 Å². The molecule has 1 aliphatic carbocycles. The molecule has 0 spiro atoms. The lowest BCUT2D eigenvalue weighted by molar-refractivity contribution is 0.0996. The molecule has 6 rings (SSSR count). The number of primary amides is 1. The summed E-state index contributed by atoms with van der Waals surface area (Å²) < 4.78 is 1.88. The third-order valence-corrected chi connectivity index (χ3v) is 8.45. The summed E-state index contributed by atoms with van der Waals surface area (Å²) in [5.41, 5.74) is 8.86. The number of nitrogens with two attached hydrogens (primary N) is 1. The van der Waals surface area contributed by atoms with Crippen LogP contribution in [0.2, 0.25) is 0 Å². The van der Waals surface area contributed by atoms with Gasteiger partial charge in [-0.3, -0.25) is 9.59 Å². The van der Waals surface area contributed by atoms with Crippen LogP contribution in [0.25, 0.3) is 10.8 Å². The van der Waals surface area contributed by atoms with Gasteiger partial charge in [-0.15, -0.1) is 0 Å². The van der Waals surface area contributed by atoms with Crippen molar-refractivity contribution in [2.75, 3.05) is 42.2 Å². The van der Waals surface area contributed by atoms with Crippen LogP contribution >= 0.6 is 0 Å². The van der Waals surface area contributed by atoms with Crippen LogP contribution in [0.1, 0.15) is 60.6 Å². The summed E-state index contributed by atoms with van der Waals surface area (Å²) in [6.07, 6.45) is 7.79. The highest BCUT2D eigenvalue weighted by Crippen LogP contribution is 2.40. The van der Waals surface area contributed by atoms with E-state index in [0.29, 0.717) is 17.6 Å². The van der Waals surface area contributed by atoms with Gasteiger partial charge in [0.05, 0.1) is 12.2 Å². The Kier molecular flexibility index (Phi) is 7.80. The fourth-order valence-corrected chi connectivity index (χ4v) is 5.96. The highest BCUT2D eigenvalue weighted by molar-refractivity contribution is 5.96. The molecule has 2 aliphatic rings. The molecule has 2 fully saturated rings. The molecule has 1 unspecified atom stereocenters. The van der Waals surface area contributed by atoms with Crippen LogP contribution in [0.5, 0.6) is 0 Å². The van der Waals surface area contributed by atoms with Crippen LogP contribution in [0.4, 0.5) is 23.0 Å². The molecule has 10 nitrogen and oxygen atoms in total. The Balaban J connectivity index is 1.25. The zero-order chi connectivity index (χ0) is 29.2. The molecular weight excluding hydrogens is 528 g/mol.